The van der Waals surface area contributed by atoms with Crippen LogP contribution in [0.3, 0.4) is 0 Å². The molecule has 2 heterocycles. The number of likely N-dealkylation sites (tertiary alicyclic amines) is 1. The second kappa shape index (κ2) is 10.9. The van der Waals surface area contributed by atoms with E-state index in [1.165, 1.54) is 12.8 Å². The van der Waals surface area contributed by atoms with Gasteiger partial charge in [-0.25, -0.2) is 4.79 Å². The van der Waals surface area contributed by atoms with Crippen molar-refractivity contribution in [1.82, 2.24) is 10.2 Å². The van der Waals surface area contributed by atoms with Gasteiger partial charge in [0.25, 0.3) is 5.69 Å². The van der Waals surface area contributed by atoms with Gasteiger partial charge in [-0.15, -0.1) is 0 Å². The SMILES string of the molecule is O=C(NC1CC2(CCN(CC3CCN(c4ccc([N+](=O)[O-])cc4)CC3)CC2)C1)OCc1ccccc1. The van der Waals surface area contributed by atoms with Crippen LogP contribution >= 0.6 is 0 Å². The van der Waals surface area contributed by atoms with Crippen LogP contribution in [0.4, 0.5) is 16.2 Å². The molecule has 1 saturated carbocycles. The maximum atomic E-state index is 12.1. The molecule has 1 N–H and O–H groups in total. The zero-order valence-electron chi connectivity index (χ0n) is 20.8. The third-order valence-corrected chi connectivity index (χ3v) is 8.37. The van der Waals surface area contributed by atoms with Crippen molar-refractivity contribution < 1.29 is 14.5 Å². The Morgan fingerprint density at radius 1 is 1.00 bits per heavy atom. The van der Waals surface area contributed by atoms with Gasteiger partial charge in [-0.05, 0) is 80.6 Å². The minimum absolute atomic E-state index is 0.146. The molecule has 2 aliphatic heterocycles. The molecular formula is C28H36N4O4. The molecule has 8 heteroatoms. The molecule has 0 aromatic heterocycles. The molecule has 8 nitrogen and oxygen atoms in total. The molecule has 3 fully saturated rings. The summed E-state index contributed by atoms with van der Waals surface area (Å²) in [5.74, 6) is 0.712. The monoisotopic (exact) mass is 492 g/mol. The lowest BCUT2D eigenvalue weighted by atomic mass is 9.60. The summed E-state index contributed by atoms with van der Waals surface area (Å²) in [6.07, 6.45) is 6.57. The number of amides is 1. The van der Waals surface area contributed by atoms with Crippen LogP contribution in [0.15, 0.2) is 54.6 Å². The Balaban J connectivity index is 0.978. The third-order valence-electron chi connectivity index (χ3n) is 8.37. The van der Waals surface area contributed by atoms with Crippen LogP contribution in [-0.4, -0.2) is 54.7 Å². The zero-order valence-corrected chi connectivity index (χ0v) is 20.8. The molecule has 0 bridgehead atoms. The minimum atomic E-state index is -0.347. The minimum Gasteiger partial charge on any atom is -0.445 e. The van der Waals surface area contributed by atoms with Crippen molar-refractivity contribution in [3.05, 3.63) is 70.3 Å². The van der Waals surface area contributed by atoms with Crippen molar-refractivity contribution in [2.45, 2.75) is 51.2 Å². The fourth-order valence-electron chi connectivity index (χ4n) is 6.16. The standard InChI is InChI=1S/C28H36N4O4/c33-27(36-21-23-4-2-1-3-5-23)29-24-18-28(19-24)12-16-30(17-13-28)20-22-10-14-31(15-11-22)25-6-8-26(9-7-25)32(34)35/h1-9,22,24H,10-21H2,(H,29,33). The Kier molecular flexibility index (Phi) is 7.41. The highest BCUT2D eigenvalue weighted by molar-refractivity contribution is 5.67. The summed E-state index contributed by atoms with van der Waals surface area (Å²) >= 11 is 0. The fourth-order valence-corrected chi connectivity index (χ4v) is 6.16. The van der Waals surface area contributed by atoms with Crippen LogP contribution in [-0.2, 0) is 11.3 Å². The van der Waals surface area contributed by atoms with E-state index >= 15 is 0 Å². The predicted molar refractivity (Wildman–Crippen MR) is 139 cm³/mol. The van der Waals surface area contributed by atoms with Gasteiger partial charge in [-0.3, -0.25) is 10.1 Å². The Morgan fingerprint density at radius 2 is 1.67 bits per heavy atom. The highest BCUT2D eigenvalue weighted by atomic mass is 16.6. The summed E-state index contributed by atoms with van der Waals surface area (Å²) in [7, 11) is 0. The molecular weight excluding hydrogens is 456 g/mol. The van der Waals surface area contributed by atoms with Gasteiger partial charge in [0.05, 0.1) is 4.92 Å². The maximum Gasteiger partial charge on any atom is 0.407 e. The maximum absolute atomic E-state index is 12.1. The number of carbonyl (C=O) groups excluding carboxylic acids is 1. The van der Waals surface area contributed by atoms with Gasteiger partial charge in [0.1, 0.15) is 6.61 Å². The number of alkyl carbamates (subject to hydrolysis) is 1. The van der Waals surface area contributed by atoms with Crippen molar-refractivity contribution in [3.63, 3.8) is 0 Å². The number of piperidine rings is 2. The number of ether oxygens (including phenoxy) is 1. The van der Waals surface area contributed by atoms with Gasteiger partial charge in [0, 0.05) is 43.5 Å². The third kappa shape index (κ3) is 5.98. The van der Waals surface area contributed by atoms with Gasteiger partial charge in [0.2, 0.25) is 0 Å². The first-order valence-corrected chi connectivity index (χ1v) is 13.2. The zero-order chi connectivity index (χ0) is 25.0. The van der Waals surface area contributed by atoms with Gasteiger partial charge in [0.15, 0.2) is 0 Å². The molecule has 0 atom stereocenters. The largest absolute Gasteiger partial charge is 0.445 e. The number of non-ortho nitro benzene ring substituents is 1. The molecule has 2 saturated heterocycles. The lowest BCUT2D eigenvalue weighted by Gasteiger charge is -2.52. The average Bonchev–Trinajstić information content (AvgIpc) is 2.89. The number of hydrogen-bond acceptors (Lipinski definition) is 6. The molecule has 36 heavy (non-hydrogen) atoms. The molecule has 1 amide bonds. The number of nitrogens with one attached hydrogen (secondary N) is 1. The van der Waals surface area contributed by atoms with Gasteiger partial charge in [-0.2, -0.15) is 0 Å². The van der Waals surface area contributed by atoms with E-state index in [-0.39, 0.29) is 22.7 Å². The number of nitro benzene ring substituents is 1. The second-order valence-corrected chi connectivity index (χ2v) is 10.8. The molecule has 0 radical (unpaired) electrons. The van der Waals surface area contributed by atoms with Gasteiger partial charge >= 0.3 is 6.09 Å². The Hall–Kier alpha value is -3.13. The molecule has 192 valence electrons. The number of benzene rings is 2. The number of hydrogen-bond donors (Lipinski definition) is 1. The smallest absolute Gasteiger partial charge is 0.407 e. The molecule has 2 aromatic rings. The summed E-state index contributed by atoms with van der Waals surface area (Å²) in [6.45, 7) is 5.79. The summed E-state index contributed by atoms with van der Waals surface area (Å²) in [4.78, 5) is 27.7. The lowest BCUT2D eigenvalue weighted by molar-refractivity contribution is -0.384. The predicted octanol–water partition coefficient (Wildman–Crippen LogP) is 4.98. The summed E-state index contributed by atoms with van der Waals surface area (Å²) in [6, 6.07) is 16.9. The van der Waals surface area contributed by atoms with Crippen molar-refractivity contribution >= 4 is 17.5 Å². The number of nitro groups is 1. The Morgan fingerprint density at radius 3 is 2.31 bits per heavy atom. The van der Waals surface area contributed by atoms with Crippen LogP contribution in [0.2, 0.25) is 0 Å². The van der Waals surface area contributed by atoms with Crippen LogP contribution < -0.4 is 10.2 Å². The molecule has 0 unspecified atom stereocenters. The summed E-state index contributed by atoms with van der Waals surface area (Å²) in [5, 5.41) is 13.9. The highest BCUT2D eigenvalue weighted by Gasteiger charge is 2.46. The first-order chi connectivity index (χ1) is 17.5. The molecule has 5 rings (SSSR count). The van der Waals surface area contributed by atoms with Crippen molar-refractivity contribution in [3.8, 4) is 0 Å². The quantitative estimate of drug-likeness (QED) is 0.433. The van der Waals surface area contributed by atoms with Crippen molar-refractivity contribution in [2.24, 2.45) is 11.3 Å². The van der Waals surface area contributed by atoms with Gasteiger partial charge < -0.3 is 19.9 Å². The number of anilines is 1. The van der Waals surface area contributed by atoms with Crippen LogP contribution in [0.5, 0.6) is 0 Å². The van der Waals surface area contributed by atoms with E-state index in [0.29, 0.717) is 17.9 Å². The average molecular weight is 493 g/mol. The topological polar surface area (TPSA) is 88.0 Å². The van der Waals surface area contributed by atoms with Crippen molar-refractivity contribution in [2.75, 3.05) is 37.6 Å². The molecule has 2 aromatic carbocycles. The van der Waals surface area contributed by atoms with E-state index in [9.17, 15) is 14.9 Å². The van der Waals surface area contributed by atoms with Gasteiger partial charge in [-0.1, -0.05) is 30.3 Å². The number of carbonyl (C=O) groups is 1. The van der Waals surface area contributed by atoms with Crippen LogP contribution in [0.25, 0.3) is 0 Å². The van der Waals surface area contributed by atoms with Crippen LogP contribution in [0.1, 0.15) is 44.1 Å². The van der Waals surface area contributed by atoms with Crippen LogP contribution in [0, 0.1) is 21.4 Å². The van der Waals surface area contributed by atoms with E-state index in [2.05, 4.69) is 15.1 Å². The van der Waals surface area contributed by atoms with E-state index in [4.69, 9.17) is 4.74 Å². The summed E-state index contributed by atoms with van der Waals surface area (Å²) in [5.41, 5.74) is 2.62. The first-order valence-electron chi connectivity index (χ1n) is 13.2. The van der Waals surface area contributed by atoms with E-state index in [1.807, 2.05) is 42.5 Å². The number of rotatable bonds is 7. The van der Waals surface area contributed by atoms with E-state index in [0.717, 1.165) is 69.7 Å². The summed E-state index contributed by atoms with van der Waals surface area (Å²) < 4.78 is 5.37. The molecule has 3 aliphatic rings. The van der Waals surface area contributed by atoms with E-state index < -0.39 is 0 Å². The molecule has 1 spiro atoms. The lowest BCUT2D eigenvalue weighted by Crippen LogP contribution is -2.55. The normalized spacial score (nSPS) is 20.6. The highest BCUT2D eigenvalue weighted by Crippen LogP contribution is 2.49. The van der Waals surface area contributed by atoms with Crippen molar-refractivity contribution in [1.29, 1.82) is 0 Å². The van der Waals surface area contributed by atoms with E-state index in [1.54, 1.807) is 12.1 Å². The Labute approximate surface area is 212 Å². The number of nitrogens with zero attached hydrogens (tertiary/aromatic N) is 3. The Bertz CT molecular complexity index is 1020. The fraction of sp³-hybridized carbons (Fsp3) is 0.536. The first kappa shape index (κ1) is 24.6. The molecule has 1 aliphatic carbocycles. The second-order valence-electron chi connectivity index (χ2n) is 10.8.